The first kappa shape index (κ1) is 15.5. The molecule has 1 atom stereocenters. The molecule has 3 nitrogen and oxygen atoms in total. The first-order valence-electron chi connectivity index (χ1n) is 6.95. The number of carbonyl (C=O) groups excluding carboxylic acids is 1. The lowest BCUT2D eigenvalue weighted by Crippen LogP contribution is -2.09. The molecule has 0 spiro atoms. The molecule has 0 saturated carbocycles. The summed E-state index contributed by atoms with van der Waals surface area (Å²) in [6, 6.07) is 5.70. The highest BCUT2D eigenvalue weighted by Crippen LogP contribution is 2.34. The number of carbonyl (C=O) groups is 1. The third-order valence-electron chi connectivity index (χ3n) is 3.51. The van der Waals surface area contributed by atoms with Crippen LogP contribution >= 0.6 is 0 Å². The van der Waals surface area contributed by atoms with Crippen LogP contribution in [0, 0.1) is 6.92 Å². The fraction of sp³-hybridized carbons (Fsp3) is 0.562. The number of unbranched alkanes of at least 4 members (excludes halogenated alkanes) is 2. The quantitative estimate of drug-likeness (QED) is 0.599. The normalized spacial score (nSPS) is 12.2. The maximum atomic E-state index is 11.5. The molecule has 0 heterocycles. The van der Waals surface area contributed by atoms with Crippen molar-refractivity contribution in [1.29, 1.82) is 0 Å². The van der Waals surface area contributed by atoms with E-state index in [-0.39, 0.29) is 11.9 Å². The van der Waals surface area contributed by atoms with E-state index in [1.165, 1.54) is 7.11 Å². The molecule has 0 aliphatic heterocycles. The van der Waals surface area contributed by atoms with E-state index in [0.717, 1.165) is 36.8 Å². The summed E-state index contributed by atoms with van der Waals surface area (Å²) in [5.41, 5.74) is 1.71. The number of phenols is 1. The molecule has 3 heteroatoms. The van der Waals surface area contributed by atoms with Gasteiger partial charge in [0, 0.05) is 0 Å². The molecule has 0 bridgehead atoms. The van der Waals surface area contributed by atoms with Gasteiger partial charge in [0.25, 0.3) is 0 Å². The van der Waals surface area contributed by atoms with E-state index in [0.29, 0.717) is 12.2 Å². The zero-order valence-corrected chi connectivity index (χ0v) is 12.1. The van der Waals surface area contributed by atoms with Gasteiger partial charge < -0.3 is 9.84 Å². The van der Waals surface area contributed by atoms with E-state index < -0.39 is 0 Å². The van der Waals surface area contributed by atoms with Crippen LogP contribution in [0.1, 0.15) is 56.1 Å². The summed E-state index contributed by atoms with van der Waals surface area (Å²) < 4.78 is 4.76. The van der Waals surface area contributed by atoms with E-state index in [9.17, 15) is 9.90 Å². The van der Waals surface area contributed by atoms with Crippen LogP contribution in [0.15, 0.2) is 18.2 Å². The standard InChI is InChI=1S/C16H24O3/c1-4-5-6-9-13(11-15(17)19-3)14-10-7-8-12(2)16(14)18/h7-8,10,13,18H,4-6,9,11H2,1-3H3. The SMILES string of the molecule is CCCCCC(CC(=O)OC)c1cccc(C)c1O. The van der Waals surface area contributed by atoms with Gasteiger partial charge in [-0.05, 0) is 30.4 Å². The van der Waals surface area contributed by atoms with Crippen molar-refractivity contribution >= 4 is 5.97 Å². The van der Waals surface area contributed by atoms with Crippen LogP contribution in [0.25, 0.3) is 0 Å². The van der Waals surface area contributed by atoms with Crippen molar-refractivity contribution in [3.05, 3.63) is 29.3 Å². The number of ether oxygens (including phenoxy) is 1. The molecule has 106 valence electrons. The Balaban J connectivity index is 2.87. The van der Waals surface area contributed by atoms with Crippen LogP contribution in [-0.4, -0.2) is 18.2 Å². The second-order valence-corrected chi connectivity index (χ2v) is 4.99. The summed E-state index contributed by atoms with van der Waals surface area (Å²) >= 11 is 0. The lowest BCUT2D eigenvalue weighted by molar-refractivity contribution is -0.141. The molecule has 1 N–H and O–H groups in total. The van der Waals surface area contributed by atoms with E-state index in [1.54, 1.807) is 0 Å². The molecule has 0 radical (unpaired) electrons. The zero-order chi connectivity index (χ0) is 14.3. The third kappa shape index (κ3) is 4.58. The number of methoxy groups -OCH3 is 1. The minimum absolute atomic E-state index is 0.0406. The Bertz CT molecular complexity index is 412. The highest BCUT2D eigenvalue weighted by molar-refractivity contribution is 5.70. The number of aryl methyl sites for hydroxylation is 1. The molecule has 0 aliphatic rings. The second-order valence-electron chi connectivity index (χ2n) is 4.99. The molecule has 1 unspecified atom stereocenters. The van der Waals surface area contributed by atoms with Crippen molar-refractivity contribution in [2.24, 2.45) is 0 Å². The van der Waals surface area contributed by atoms with Crippen LogP contribution in [-0.2, 0) is 9.53 Å². The lowest BCUT2D eigenvalue weighted by Gasteiger charge is -2.18. The van der Waals surface area contributed by atoms with Gasteiger partial charge in [-0.15, -0.1) is 0 Å². The number of benzene rings is 1. The van der Waals surface area contributed by atoms with Gasteiger partial charge in [0.15, 0.2) is 0 Å². The van der Waals surface area contributed by atoms with Crippen molar-refractivity contribution in [3.63, 3.8) is 0 Å². The van der Waals surface area contributed by atoms with Crippen LogP contribution < -0.4 is 0 Å². The van der Waals surface area contributed by atoms with Crippen molar-refractivity contribution in [1.82, 2.24) is 0 Å². The Hall–Kier alpha value is -1.51. The van der Waals surface area contributed by atoms with Gasteiger partial charge in [-0.1, -0.05) is 44.4 Å². The molecular formula is C16H24O3. The molecule has 0 saturated heterocycles. The fourth-order valence-electron chi connectivity index (χ4n) is 2.30. The van der Waals surface area contributed by atoms with Crippen molar-refractivity contribution in [2.45, 2.75) is 51.9 Å². The molecule has 19 heavy (non-hydrogen) atoms. The van der Waals surface area contributed by atoms with Crippen molar-refractivity contribution in [2.75, 3.05) is 7.11 Å². The summed E-state index contributed by atoms with van der Waals surface area (Å²) in [6.07, 6.45) is 4.58. The molecule has 1 rings (SSSR count). The van der Waals surface area contributed by atoms with Gasteiger partial charge in [0.05, 0.1) is 13.5 Å². The molecule has 1 aromatic rings. The number of aromatic hydroxyl groups is 1. The largest absolute Gasteiger partial charge is 0.507 e. The van der Waals surface area contributed by atoms with Crippen LogP contribution in [0.4, 0.5) is 0 Å². The Kier molecular flexibility index (Phi) is 6.40. The summed E-state index contributed by atoms with van der Waals surface area (Å²) in [5.74, 6) is 0.134. The first-order chi connectivity index (χ1) is 9.10. The topological polar surface area (TPSA) is 46.5 Å². The predicted octanol–water partition coefficient (Wildman–Crippen LogP) is 3.93. The van der Waals surface area contributed by atoms with Crippen LogP contribution in [0.5, 0.6) is 5.75 Å². The average Bonchev–Trinajstić information content (AvgIpc) is 2.41. The molecule has 1 aromatic carbocycles. The number of hydrogen-bond acceptors (Lipinski definition) is 3. The number of hydrogen-bond donors (Lipinski definition) is 1. The Morgan fingerprint density at radius 3 is 2.74 bits per heavy atom. The highest BCUT2D eigenvalue weighted by atomic mass is 16.5. The second kappa shape index (κ2) is 7.82. The van der Waals surface area contributed by atoms with Crippen LogP contribution in [0.3, 0.4) is 0 Å². The van der Waals surface area contributed by atoms with E-state index in [4.69, 9.17) is 4.74 Å². The van der Waals surface area contributed by atoms with Gasteiger partial charge in [-0.25, -0.2) is 0 Å². The monoisotopic (exact) mass is 264 g/mol. The number of phenolic OH excluding ortho intramolecular Hbond substituents is 1. The van der Waals surface area contributed by atoms with E-state index >= 15 is 0 Å². The molecular weight excluding hydrogens is 240 g/mol. The van der Waals surface area contributed by atoms with Gasteiger partial charge in [0.1, 0.15) is 5.75 Å². The number of esters is 1. The molecule has 0 aromatic heterocycles. The minimum atomic E-state index is -0.220. The average molecular weight is 264 g/mol. The minimum Gasteiger partial charge on any atom is -0.507 e. The predicted molar refractivity (Wildman–Crippen MR) is 76.4 cm³/mol. The summed E-state index contributed by atoms with van der Waals surface area (Å²) in [6.45, 7) is 4.03. The van der Waals surface area contributed by atoms with Crippen molar-refractivity contribution in [3.8, 4) is 5.75 Å². The summed E-state index contributed by atoms with van der Waals surface area (Å²) in [7, 11) is 1.40. The fourth-order valence-corrected chi connectivity index (χ4v) is 2.30. The molecule has 0 fully saturated rings. The first-order valence-corrected chi connectivity index (χ1v) is 6.95. The van der Waals surface area contributed by atoms with Gasteiger partial charge in [-0.2, -0.15) is 0 Å². The Morgan fingerprint density at radius 1 is 1.37 bits per heavy atom. The summed E-state index contributed by atoms with van der Waals surface area (Å²) in [4.78, 5) is 11.5. The highest BCUT2D eigenvalue weighted by Gasteiger charge is 2.19. The van der Waals surface area contributed by atoms with E-state index in [2.05, 4.69) is 6.92 Å². The smallest absolute Gasteiger partial charge is 0.306 e. The van der Waals surface area contributed by atoms with Gasteiger partial charge >= 0.3 is 5.97 Å². The van der Waals surface area contributed by atoms with Gasteiger partial charge in [-0.3, -0.25) is 4.79 Å². The molecule has 0 amide bonds. The van der Waals surface area contributed by atoms with Crippen LogP contribution in [0.2, 0.25) is 0 Å². The number of para-hydroxylation sites is 1. The number of rotatable bonds is 7. The van der Waals surface area contributed by atoms with Crippen molar-refractivity contribution < 1.29 is 14.6 Å². The zero-order valence-electron chi connectivity index (χ0n) is 12.1. The van der Waals surface area contributed by atoms with Gasteiger partial charge in [0.2, 0.25) is 0 Å². The Labute approximate surface area is 115 Å². The lowest BCUT2D eigenvalue weighted by atomic mass is 9.88. The van der Waals surface area contributed by atoms with E-state index in [1.807, 2.05) is 25.1 Å². The Morgan fingerprint density at radius 2 is 2.11 bits per heavy atom. The summed E-state index contributed by atoms with van der Waals surface area (Å²) in [5, 5.41) is 10.2. The maximum Gasteiger partial charge on any atom is 0.306 e. The third-order valence-corrected chi connectivity index (χ3v) is 3.51. The maximum absolute atomic E-state index is 11.5. The molecule has 0 aliphatic carbocycles.